The van der Waals surface area contributed by atoms with Crippen LogP contribution in [0.2, 0.25) is 0 Å². The van der Waals surface area contributed by atoms with Crippen LogP contribution in [0.1, 0.15) is 25.0 Å². The number of para-hydroxylation sites is 1. The van der Waals surface area contributed by atoms with E-state index in [1.54, 1.807) is 0 Å². The van der Waals surface area contributed by atoms with Crippen molar-refractivity contribution >= 4 is 5.69 Å². The summed E-state index contributed by atoms with van der Waals surface area (Å²) in [5.74, 6) is 0.526. The predicted octanol–water partition coefficient (Wildman–Crippen LogP) is 3.78. The van der Waals surface area contributed by atoms with E-state index in [2.05, 4.69) is 42.7 Å². The molecular formula is C19H23N3. The molecule has 3 heteroatoms. The molecular weight excluding hydrogens is 270 g/mol. The van der Waals surface area contributed by atoms with Crippen LogP contribution < -0.4 is 10.6 Å². The highest BCUT2D eigenvalue weighted by Crippen LogP contribution is 2.12. The predicted molar refractivity (Wildman–Crippen MR) is 91.6 cm³/mol. The molecule has 2 aromatic carbocycles. The standard InChI is InChI=1S/C19H23N3/c1-15(2)19(22-18-9-4-3-5-10-18)14-21-13-17-8-6-7-16(11-17)12-20/h3-11,15,19,21-22H,13-14H2,1-2H3. The van der Waals surface area contributed by atoms with Crippen LogP contribution in [0.5, 0.6) is 0 Å². The van der Waals surface area contributed by atoms with Gasteiger partial charge in [0.1, 0.15) is 0 Å². The molecule has 0 heterocycles. The highest BCUT2D eigenvalue weighted by Gasteiger charge is 2.12. The lowest BCUT2D eigenvalue weighted by atomic mass is 10.0. The summed E-state index contributed by atoms with van der Waals surface area (Å²) in [6.45, 7) is 6.09. The van der Waals surface area contributed by atoms with Gasteiger partial charge in [0.25, 0.3) is 0 Å². The van der Waals surface area contributed by atoms with Crippen LogP contribution in [0.3, 0.4) is 0 Å². The SMILES string of the molecule is CC(C)C(CNCc1cccc(C#N)c1)Nc1ccccc1. The van der Waals surface area contributed by atoms with E-state index in [0.717, 1.165) is 24.3 Å². The molecule has 114 valence electrons. The van der Waals surface area contributed by atoms with Crippen LogP contribution in [0.15, 0.2) is 54.6 Å². The quantitative estimate of drug-likeness (QED) is 0.816. The van der Waals surface area contributed by atoms with Gasteiger partial charge in [-0.3, -0.25) is 0 Å². The molecule has 0 aromatic heterocycles. The van der Waals surface area contributed by atoms with Crippen LogP contribution in [-0.2, 0) is 6.54 Å². The van der Waals surface area contributed by atoms with Crippen molar-refractivity contribution < 1.29 is 0 Å². The Labute approximate surface area is 133 Å². The van der Waals surface area contributed by atoms with Gasteiger partial charge < -0.3 is 10.6 Å². The molecule has 2 aromatic rings. The van der Waals surface area contributed by atoms with Gasteiger partial charge in [-0.1, -0.05) is 44.2 Å². The maximum Gasteiger partial charge on any atom is 0.0991 e. The Bertz CT molecular complexity index is 614. The van der Waals surface area contributed by atoms with Crippen molar-refractivity contribution in [1.29, 1.82) is 5.26 Å². The molecule has 0 fully saturated rings. The lowest BCUT2D eigenvalue weighted by Crippen LogP contribution is -2.36. The summed E-state index contributed by atoms with van der Waals surface area (Å²) in [5, 5.41) is 16.0. The molecule has 0 saturated heterocycles. The molecule has 1 atom stereocenters. The molecule has 2 rings (SSSR count). The third kappa shape index (κ3) is 4.91. The summed E-state index contributed by atoms with van der Waals surface area (Å²) in [7, 11) is 0. The van der Waals surface area contributed by atoms with E-state index < -0.39 is 0 Å². The highest BCUT2D eigenvalue weighted by molar-refractivity contribution is 5.43. The Morgan fingerprint density at radius 1 is 1.05 bits per heavy atom. The van der Waals surface area contributed by atoms with E-state index in [0.29, 0.717) is 17.5 Å². The van der Waals surface area contributed by atoms with E-state index >= 15 is 0 Å². The van der Waals surface area contributed by atoms with Crippen molar-refractivity contribution in [2.45, 2.75) is 26.4 Å². The first kappa shape index (κ1) is 16.1. The minimum absolute atomic E-state index is 0.363. The molecule has 0 aliphatic heterocycles. The van der Waals surface area contributed by atoms with Gasteiger partial charge >= 0.3 is 0 Å². The normalized spacial score (nSPS) is 11.9. The topological polar surface area (TPSA) is 47.9 Å². The third-order valence-corrected chi connectivity index (χ3v) is 3.68. The molecule has 3 nitrogen and oxygen atoms in total. The number of nitriles is 1. The summed E-state index contributed by atoms with van der Waals surface area (Å²) in [4.78, 5) is 0. The number of benzene rings is 2. The molecule has 1 unspecified atom stereocenters. The maximum atomic E-state index is 8.93. The van der Waals surface area contributed by atoms with E-state index in [-0.39, 0.29) is 0 Å². The van der Waals surface area contributed by atoms with Crippen molar-refractivity contribution in [1.82, 2.24) is 5.32 Å². The Morgan fingerprint density at radius 2 is 1.82 bits per heavy atom. The van der Waals surface area contributed by atoms with Crippen molar-refractivity contribution in [3.05, 3.63) is 65.7 Å². The van der Waals surface area contributed by atoms with Crippen LogP contribution in [0.4, 0.5) is 5.69 Å². The number of rotatable bonds is 7. The number of anilines is 1. The molecule has 0 saturated carbocycles. The Morgan fingerprint density at radius 3 is 2.50 bits per heavy atom. The Kier molecular flexibility index (Phi) is 6.00. The van der Waals surface area contributed by atoms with Gasteiger partial charge in [-0.25, -0.2) is 0 Å². The molecule has 0 aliphatic rings. The van der Waals surface area contributed by atoms with Crippen molar-refractivity contribution in [2.24, 2.45) is 5.92 Å². The van der Waals surface area contributed by atoms with Gasteiger partial charge in [0, 0.05) is 24.8 Å². The lowest BCUT2D eigenvalue weighted by Gasteiger charge is -2.24. The van der Waals surface area contributed by atoms with Crippen molar-refractivity contribution in [2.75, 3.05) is 11.9 Å². The molecule has 0 amide bonds. The molecule has 0 spiro atoms. The fourth-order valence-electron chi connectivity index (χ4n) is 2.32. The summed E-state index contributed by atoms with van der Waals surface area (Å²) in [6.07, 6.45) is 0. The smallest absolute Gasteiger partial charge is 0.0991 e. The first-order valence-corrected chi connectivity index (χ1v) is 7.70. The second kappa shape index (κ2) is 8.21. The van der Waals surface area contributed by atoms with Gasteiger partial charge in [-0.2, -0.15) is 5.26 Å². The summed E-state index contributed by atoms with van der Waals surface area (Å²) < 4.78 is 0. The first-order chi connectivity index (χ1) is 10.7. The molecule has 22 heavy (non-hydrogen) atoms. The first-order valence-electron chi connectivity index (χ1n) is 7.70. The molecule has 0 aliphatic carbocycles. The number of nitrogens with zero attached hydrogens (tertiary/aromatic N) is 1. The van der Waals surface area contributed by atoms with E-state index in [4.69, 9.17) is 5.26 Å². The van der Waals surface area contributed by atoms with Gasteiger partial charge in [0.2, 0.25) is 0 Å². The number of hydrogen-bond donors (Lipinski definition) is 2. The molecule has 2 N–H and O–H groups in total. The average molecular weight is 293 g/mol. The second-order valence-electron chi connectivity index (χ2n) is 5.80. The fourth-order valence-corrected chi connectivity index (χ4v) is 2.32. The zero-order chi connectivity index (χ0) is 15.8. The summed E-state index contributed by atoms with van der Waals surface area (Å²) in [5.41, 5.74) is 3.00. The average Bonchev–Trinajstić information content (AvgIpc) is 2.55. The zero-order valence-electron chi connectivity index (χ0n) is 13.2. The van der Waals surface area contributed by atoms with E-state index in [9.17, 15) is 0 Å². The van der Waals surface area contributed by atoms with Crippen molar-refractivity contribution in [3.63, 3.8) is 0 Å². The van der Waals surface area contributed by atoms with Gasteiger partial charge in [0.15, 0.2) is 0 Å². The van der Waals surface area contributed by atoms with Crippen LogP contribution in [-0.4, -0.2) is 12.6 Å². The molecule has 0 bridgehead atoms. The largest absolute Gasteiger partial charge is 0.381 e. The lowest BCUT2D eigenvalue weighted by molar-refractivity contribution is 0.484. The number of nitrogens with one attached hydrogen (secondary N) is 2. The summed E-state index contributed by atoms with van der Waals surface area (Å²) >= 11 is 0. The van der Waals surface area contributed by atoms with Gasteiger partial charge in [-0.05, 0) is 35.7 Å². The maximum absolute atomic E-state index is 8.93. The van der Waals surface area contributed by atoms with E-state index in [1.807, 2.05) is 42.5 Å². The van der Waals surface area contributed by atoms with Crippen LogP contribution in [0, 0.1) is 17.2 Å². The minimum atomic E-state index is 0.363. The Balaban J connectivity index is 1.88. The van der Waals surface area contributed by atoms with Crippen LogP contribution in [0.25, 0.3) is 0 Å². The highest BCUT2D eigenvalue weighted by atomic mass is 15.0. The Hall–Kier alpha value is -2.31. The number of hydrogen-bond acceptors (Lipinski definition) is 3. The zero-order valence-corrected chi connectivity index (χ0v) is 13.2. The van der Waals surface area contributed by atoms with Gasteiger partial charge in [-0.15, -0.1) is 0 Å². The summed E-state index contributed by atoms with van der Waals surface area (Å²) in [6, 6.07) is 20.6. The van der Waals surface area contributed by atoms with Gasteiger partial charge in [0.05, 0.1) is 11.6 Å². The van der Waals surface area contributed by atoms with Crippen LogP contribution >= 0.6 is 0 Å². The monoisotopic (exact) mass is 293 g/mol. The van der Waals surface area contributed by atoms with E-state index in [1.165, 1.54) is 0 Å². The molecule has 0 radical (unpaired) electrons. The second-order valence-corrected chi connectivity index (χ2v) is 5.80. The minimum Gasteiger partial charge on any atom is -0.381 e. The van der Waals surface area contributed by atoms with Crippen molar-refractivity contribution in [3.8, 4) is 6.07 Å². The third-order valence-electron chi connectivity index (χ3n) is 3.68. The fraction of sp³-hybridized carbons (Fsp3) is 0.316.